The van der Waals surface area contributed by atoms with Crippen molar-refractivity contribution in [3.63, 3.8) is 0 Å². The van der Waals surface area contributed by atoms with E-state index in [1.807, 2.05) is 0 Å². The second-order valence-corrected chi connectivity index (χ2v) is 6.41. The molecule has 0 aromatic heterocycles. The van der Waals surface area contributed by atoms with Crippen molar-refractivity contribution in [2.24, 2.45) is 11.8 Å². The van der Waals surface area contributed by atoms with Crippen LogP contribution in [-0.2, 0) is 12.8 Å². The quantitative estimate of drug-likeness (QED) is 0.850. The first-order chi connectivity index (χ1) is 8.63. The molecule has 1 fully saturated rings. The van der Waals surface area contributed by atoms with Crippen molar-refractivity contribution in [2.45, 2.75) is 52.5 Å². The molecule has 0 amide bonds. The lowest BCUT2D eigenvalue weighted by molar-refractivity contribution is 0.326. The highest BCUT2D eigenvalue weighted by atomic mass is 14.9. The SMILES string of the molecule is CC(C)Cc1cccc(CC2CCC(C)CN2)c1. The first kappa shape index (κ1) is 13.6. The summed E-state index contributed by atoms with van der Waals surface area (Å²) in [5, 5.41) is 3.68. The van der Waals surface area contributed by atoms with Gasteiger partial charge in [-0.25, -0.2) is 0 Å². The number of hydrogen-bond donors (Lipinski definition) is 1. The van der Waals surface area contributed by atoms with Gasteiger partial charge < -0.3 is 5.32 Å². The third-order valence-electron chi connectivity index (χ3n) is 3.88. The van der Waals surface area contributed by atoms with Gasteiger partial charge in [-0.3, -0.25) is 0 Å². The van der Waals surface area contributed by atoms with Crippen molar-refractivity contribution >= 4 is 0 Å². The Balaban J connectivity index is 1.92. The van der Waals surface area contributed by atoms with Gasteiger partial charge in [0, 0.05) is 6.04 Å². The zero-order chi connectivity index (χ0) is 13.0. The first-order valence-electron chi connectivity index (χ1n) is 7.44. The van der Waals surface area contributed by atoms with E-state index >= 15 is 0 Å². The summed E-state index contributed by atoms with van der Waals surface area (Å²) >= 11 is 0. The van der Waals surface area contributed by atoms with Gasteiger partial charge in [-0.1, -0.05) is 45.0 Å². The Labute approximate surface area is 112 Å². The van der Waals surface area contributed by atoms with Crippen LogP contribution in [0.5, 0.6) is 0 Å². The lowest BCUT2D eigenvalue weighted by atomic mass is 9.91. The van der Waals surface area contributed by atoms with Crippen LogP contribution in [0.1, 0.15) is 44.7 Å². The van der Waals surface area contributed by atoms with E-state index in [1.165, 1.54) is 43.4 Å². The van der Waals surface area contributed by atoms with Crippen molar-refractivity contribution in [1.29, 1.82) is 0 Å². The van der Waals surface area contributed by atoms with E-state index in [0.29, 0.717) is 6.04 Å². The summed E-state index contributed by atoms with van der Waals surface area (Å²) in [5.41, 5.74) is 2.99. The number of piperidine rings is 1. The molecule has 0 saturated carbocycles. The fourth-order valence-corrected chi connectivity index (χ4v) is 2.87. The Morgan fingerprint density at radius 2 is 2.00 bits per heavy atom. The maximum absolute atomic E-state index is 3.68. The molecule has 0 bridgehead atoms. The van der Waals surface area contributed by atoms with Crippen LogP contribution in [0, 0.1) is 11.8 Å². The third-order valence-corrected chi connectivity index (χ3v) is 3.88. The highest BCUT2D eigenvalue weighted by molar-refractivity contribution is 5.24. The molecule has 1 aromatic rings. The monoisotopic (exact) mass is 245 g/mol. The molecule has 1 heteroatoms. The predicted molar refractivity (Wildman–Crippen MR) is 78.9 cm³/mol. The summed E-state index contributed by atoms with van der Waals surface area (Å²) in [6.45, 7) is 8.11. The maximum atomic E-state index is 3.68. The summed E-state index contributed by atoms with van der Waals surface area (Å²) in [5.74, 6) is 1.60. The minimum absolute atomic E-state index is 0.690. The Morgan fingerprint density at radius 1 is 1.22 bits per heavy atom. The molecule has 0 radical (unpaired) electrons. The smallest absolute Gasteiger partial charge is 0.0108 e. The van der Waals surface area contributed by atoms with Crippen molar-refractivity contribution < 1.29 is 0 Å². The molecule has 2 atom stereocenters. The zero-order valence-electron chi connectivity index (χ0n) is 12.1. The molecule has 1 saturated heterocycles. The summed E-state index contributed by atoms with van der Waals surface area (Å²) in [6.07, 6.45) is 5.10. The Bertz CT molecular complexity index is 362. The van der Waals surface area contributed by atoms with Crippen molar-refractivity contribution in [3.05, 3.63) is 35.4 Å². The molecule has 1 aliphatic heterocycles. The molecule has 2 unspecified atom stereocenters. The van der Waals surface area contributed by atoms with Gasteiger partial charge in [0.25, 0.3) is 0 Å². The van der Waals surface area contributed by atoms with Gasteiger partial charge in [0.15, 0.2) is 0 Å². The van der Waals surface area contributed by atoms with Crippen LogP contribution in [0.4, 0.5) is 0 Å². The van der Waals surface area contributed by atoms with Gasteiger partial charge in [-0.05, 0) is 55.2 Å². The lowest BCUT2D eigenvalue weighted by Gasteiger charge is -2.28. The molecule has 1 N–H and O–H groups in total. The minimum atomic E-state index is 0.690. The van der Waals surface area contributed by atoms with Crippen LogP contribution in [0.2, 0.25) is 0 Å². The van der Waals surface area contributed by atoms with Gasteiger partial charge >= 0.3 is 0 Å². The molecule has 100 valence electrons. The average molecular weight is 245 g/mol. The van der Waals surface area contributed by atoms with Crippen LogP contribution in [0.15, 0.2) is 24.3 Å². The summed E-state index contributed by atoms with van der Waals surface area (Å²) < 4.78 is 0. The summed E-state index contributed by atoms with van der Waals surface area (Å²) in [4.78, 5) is 0. The molecule has 0 spiro atoms. The van der Waals surface area contributed by atoms with Gasteiger partial charge in [0.1, 0.15) is 0 Å². The largest absolute Gasteiger partial charge is 0.313 e. The van der Waals surface area contributed by atoms with Crippen LogP contribution in [0.3, 0.4) is 0 Å². The van der Waals surface area contributed by atoms with Crippen LogP contribution < -0.4 is 5.32 Å². The second kappa shape index (κ2) is 6.38. The normalized spacial score (nSPS) is 24.4. The topological polar surface area (TPSA) is 12.0 Å². The lowest BCUT2D eigenvalue weighted by Crippen LogP contribution is -2.39. The van der Waals surface area contributed by atoms with E-state index < -0.39 is 0 Å². The fourth-order valence-electron chi connectivity index (χ4n) is 2.87. The molecule has 1 nitrogen and oxygen atoms in total. The van der Waals surface area contributed by atoms with E-state index in [-0.39, 0.29) is 0 Å². The highest BCUT2D eigenvalue weighted by Gasteiger charge is 2.17. The van der Waals surface area contributed by atoms with Crippen molar-refractivity contribution in [2.75, 3.05) is 6.54 Å². The number of rotatable bonds is 4. The van der Waals surface area contributed by atoms with E-state index in [0.717, 1.165) is 11.8 Å². The highest BCUT2D eigenvalue weighted by Crippen LogP contribution is 2.18. The molecule has 2 rings (SSSR count). The van der Waals surface area contributed by atoms with E-state index in [9.17, 15) is 0 Å². The Morgan fingerprint density at radius 3 is 2.67 bits per heavy atom. The minimum Gasteiger partial charge on any atom is -0.313 e. The number of benzene rings is 1. The first-order valence-corrected chi connectivity index (χ1v) is 7.44. The van der Waals surface area contributed by atoms with Crippen molar-refractivity contribution in [3.8, 4) is 0 Å². The molecule has 0 aliphatic carbocycles. The third kappa shape index (κ3) is 4.13. The Hall–Kier alpha value is -0.820. The van der Waals surface area contributed by atoms with Crippen LogP contribution >= 0.6 is 0 Å². The fraction of sp³-hybridized carbons (Fsp3) is 0.647. The van der Waals surface area contributed by atoms with Crippen LogP contribution in [-0.4, -0.2) is 12.6 Å². The second-order valence-electron chi connectivity index (χ2n) is 6.41. The van der Waals surface area contributed by atoms with E-state index in [1.54, 1.807) is 0 Å². The molecule has 1 heterocycles. The summed E-state index contributed by atoms with van der Waals surface area (Å²) in [7, 11) is 0. The average Bonchev–Trinajstić information content (AvgIpc) is 2.32. The van der Waals surface area contributed by atoms with E-state index in [2.05, 4.69) is 50.4 Å². The molecule has 1 aliphatic rings. The van der Waals surface area contributed by atoms with Gasteiger partial charge in [0.05, 0.1) is 0 Å². The van der Waals surface area contributed by atoms with Crippen LogP contribution in [0.25, 0.3) is 0 Å². The molecular weight excluding hydrogens is 218 g/mol. The van der Waals surface area contributed by atoms with Crippen molar-refractivity contribution in [1.82, 2.24) is 5.32 Å². The molecule has 18 heavy (non-hydrogen) atoms. The van der Waals surface area contributed by atoms with E-state index in [4.69, 9.17) is 0 Å². The predicted octanol–water partition coefficient (Wildman–Crippen LogP) is 3.82. The number of hydrogen-bond acceptors (Lipinski definition) is 1. The summed E-state index contributed by atoms with van der Waals surface area (Å²) in [6, 6.07) is 9.86. The molecule has 1 aromatic carbocycles. The Kier molecular flexibility index (Phi) is 4.82. The maximum Gasteiger partial charge on any atom is 0.0108 e. The molecular formula is C17H27N. The van der Waals surface area contributed by atoms with Gasteiger partial charge in [0.2, 0.25) is 0 Å². The van der Waals surface area contributed by atoms with Gasteiger partial charge in [-0.15, -0.1) is 0 Å². The number of nitrogens with one attached hydrogen (secondary N) is 1. The zero-order valence-corrected chi connectivity index (χ0v) is 12.1. The van der Waals surface area contributed by atoms with Gasteiger partial charge in [-0.2, -0.15) is 0 Å². The standard InChI is InChI=1S/C17H27N/c1-13(2)9-15-5-4-6-16(10-15)11-17-8-7-14(3)12-18-17/h4-6,10,13-14,17-18H,7-9,11-12H2,1-3H3.